The number of hydrogen-bond acceptors (Lipinski definition) is 3. The summed E-state index contributed by atoms with van der Waals surface area (Å²) < 4.78 is 2.28. The summed E-state index contributed by atoms with van der Waals surface area (Å²) in [6.45, 7) is 8.93. The Labute approximate surface area is 109 Å². The van der Waals surface area contributed by atoms with Gasteiger partial charge in [0, 0.05) is 30.3 Å². The highest BCUT2D eigenvalue weighted by atomic mass is 15.3. The van der Waals surface area contributed by atoms with Crippen molar-refractivity contribution in [3.8, 4) is 0 Å². The molecule has 4 heteroatoms. The van der Waals surface area contributed by atoms with E-state index >= 15 is 0 Å². The lowest BCUT2D eigenvalue weighted by Gasteiger charge is -2.23. The summed E-state index contributed by atoms with van der Waals surface area (Å²) in [5.74, 6) is 0.668. The van der Waals surface area contributed by atoms with Crippen LogP contribution in [0.15, 0.2) is 0 Å². The first-order valence-corrected chi connectivity index (χ1v) is 7.24. The Morgan fingerprint density at radius 2 is 1.94 bits per heavy atom. The minimum absolute atomic E-state index is 0.564. The Hall–Kier alpha value is -0.870. The average molecular weight is 248 g/mol. The highest BCUT2D eigenvalue weighted by Gasteiger charge is 2.26. The fourth-order valence-electron chi connectivity index (χ4n) is 3.57. The molecule has 2 saturated heterocycles. The second-order valence-electron chi connectivity index (χ2n) is 5.72. The number of nitrogens with one attached hydrogen (secondary N) is 2. The van der Waals surface area contributed by atoms with E-state index in [4.69, 9.17) is 5.10 Å². The van der Waals surface area contributed by atoms with Crippen LogP contribution in [-0.4, -0.2) is 36.0 Å². The average Bonchev–Trinajstić information content (AvgIpc) is 2.99. The van der Waals surface area contributed by atoms with Gasteiger partial charge >= 0.3 is 0 Å². The molecule has 2 fully saturated rings. The molecule has 3 rings (SSSR count). The van der Waals surface area contributed by atoms with Gasteiger partial charge in [-0.1, -0.05) is 0 Å². The maximum atomic E-state index is 4.82. The van der Waals surface area contributed by atoms with Gasteiger partial charge in [0.25, 0.3) is 0 Å². The lowest BCUT2D eigenvalue weighted by molar-refractivity contribution is 0.453. The second kappa shape index (κ2) is 5.02. The van der Waals surface area contributed by atoms with Gasteiger partial charge < -0.3 is 10.6 Å². The molecule has 1 aromatic rings. The van der Waals surface area contributed by atoms with Gasteiger partial charge in [-0.15, -0.1) is 0 Å². The molecule has 18 heavy (non-hydrogen) atoms. The largest absolute Gasteiger partial charge is 0.316 e. The first kappa shape index (κ1) is 12.2. The van der Waals surface area contributed by atoms with Gasteiger partial charge in [0.05, 0.1) is 11.7 Å². The summed E-state index contributed by atoms with van der Waals surface area (Å²) in [5.41, 5.74) is 4.15. The lowest BCUT2D eigenvalue weighted by Crippen LogP contribution is -2.29. The summed E-state index contributed by atoms with van der Waals surface area (Å²) in [4.78, 5) is 0. The predicted molar refractivity (Wildman–Crippen MR) is 73.1 cm³/mol. The zero-order valence-electron chi connectivity index (χ0n) is 11.5. The highest BCUT2D eigenvalue weighted by molar-refractivity contribution is 5.30. The fraction of sp³-hybridized carbons (Fsp3) is 0.786. The Morgan fingerprint density at radius 3 is 2.61 bits per heavy atom. The Morgan fingerprint density at radius 1 is 1.11 bits per heavy atom. The molecule has 2 atom stereocenters. The van der Waals surface area contributed by atoms with E-state index in [0.29, 0.717) is 12.0 Å². The first-order chi connectivity index (χ1) is 8.77. The molecular weight excluding hydrogens is 224 g/mol. The summed E-state index contributed by atoms with van der Waals surface area (Å²) in [6, 6.07) is 0.564. The van der Waals surface area contributed by atoms with Crippen molar-refractivity contribution in [1.29, 1.82) is 0 Å². The molecule has 4 nitrogen and oxygen atoms in total. The third-order valence-electron chi connectivity index (χ3n) is 4.47. The molecule has 0 radical (unpaired) electrons. The van der Waals surface area contributed by atoms with Crippen LogP contribution in [0.5, 0.6) is 0 Å². The first-order valence-electron chi connectivity index (χ1n) is 7.24. The summed E-state index contributed by atoms with van der Waals surface area (Å²) in [6.07, 6.45) is 3.81. The monoisotopic (exact) mass is 248 g/mol. The van der Waals surface area contributed by atoms with Gasteiger partial charge in [0.2, 0.25) is 0 Å². The summed E-state index contributed by atoms with van der Waals surface area (Å²) in [5, 5.41) is 11.8. The number of aromatic nitrogens is 2. The SMILES string of the molecule is Cc1nn(C2CCNC2)c(C)c1C1CCCNC1. The van der Waals surface area contributed by atoms with E-state index in [1.54, 1.807) is 0 Å². The maximum absolute atomic E-state index is 4.82. The van der Waals surface area contributed by atoms with Crippen LogP contribution >= 0.6 is 0 Å². The van der Waals surface area contributed by atoms with Gasteiger partial charge in [-0.25, -0.2) is 0 Å². The molecular formula is C14H24N4. The highest BCUT2D eigenvalue weighted by Crippen LogP contribution is 2.30. The van der Waals surface area contributed by atoms with Crippen LogP contribution < -0.4 is 10.6 Å². The molecule has 3 heterocycles. The number of hydrogen-bond donors (Lipinski definition) is 2. The van der Waals surface area contributed by atoms with Crippen molar-refractivity contribution in [2.45, 2.75) is 45.1 Å². The van der Waals surface area contributed by atoms with Crippen molar-refractivity contribution < 1.29 is 0 Å². The minimum Gasteiger partial charge on any atom is -0.316 e. The Bertz CT molecular complexity index is 412. The molecule has 0 aliphatic carbocycles. The van der Waals surface area contributed by atoms with Crippen LogP contribution in [0.3, 0.4) is 0 Å². The van der Waals surface area contributed by atoms with E-state index in [1.165, 1.54) is 42.8 Å². The van der Waals surface area contributed by atoms with E-state index < -0.39 is 0 Å². The summed E-state index contributed by atoms with van der Waals surface area (Å²) >= 11 is 0. The fourth-order valence-corrected chi connectivity index (χ4v) is 3.57. The van der Waals surface area contributed by atoms with Crippen LogP contribution in [0.1, 0.15) is 48.2 Å². The standard InChI is InChI=1S/C14H24N4/c1-10-14(12-4-3-6-15-8-12)11(2)18(17-10)13-5-7-16-9-13/h12-13,15-16H,3-9H2,1-2H3. The molecule has 2 aliphatic heterocycles. The van der Waals surface area contributed by atoms with Crippen molar-refractivity contribution in [2.24, 2.45) is 0 Å². The third kappa shape index (κ3) is 2.08. The van der Waals surface area contributed by atoms with Gasteiger partial charge in [0.15, 0.2) is 0 Å². The zero-order valence-corrected chi connectivity index (χ0v) is 11.5. The smallest absolute Gasteiger partial charge is 0.0658 e. The van der Waals surface area contributed by atoms with E-state index in [2.05, 4.69) is 29.2 Å². The molecule has 1 aromatic heterocycles. The van der Waals surface area contributed by atoms with Gasteiger partial charge in [-0.3, -0.25) is 4.68 Å². The molecule has 0 saturated carbocycles. The van der Waals surface area contributed by atoms with Crippen molar-refractivity contribution in [1.82, 2.24) is 20.4 Å². The van der Waals surface area contributed by atoms with Gasteiger partial charge in [0.1, 0.15) is 0 Å². The quantitative estimate of drug-likeness (QED) is 0.833. The minimum atomic E-state index is 0.564. The van der Waals surface area contributed by atoms with Crippen LogP contribution in [0.2, 0.25) is 0 Å². The van der Waals surface area contributed by atoms with Gasteiger partial charge in [-0.05, 0) is 46.2 Å². The molecule has 0 aromatic carbocycles. The number of aryl methyl sites for hydroxylation is 1. The Balaban J connectivity index is 1.89. The lowest BCUT2D eigenvalue weighted by atomic mass is 9.90. The number of rotatable bonds is 2. The summed E-state index contributed by atoms with van der Waals surface area (Å²) in [7, 11) is 0. The van der Waals surface area contributed by atoms with Crippen molar-refractivity contribution in [3.63, 3.8) is 0 Å². The van der Waals surface area contributed by atoms with Crippen LogP contribution in [-0.2, 0) is 0 Å². The van der Waals surface area contributed by atoms with Gasteiger partial charge in [-0.2, -0.15) is 5.10 Å². The maximum Gasteiger partial charge on any atom is 0.0658 e. The van der Waals surface area contributed by atoms with Crippen LogP contribution in [0, 0.1) is 13.8 Å². The zero-order chi connectivity index (χ0) is 12.5. The van der Waals surface area contributed by atoms with Crippen LogP contribution in [0.25, 0.3) is 0 Å². The normalized spacial score (nSPS) is 28.8. The molecule has 2 N–H and O–H groups in total. The third-order valence-corrected chi connectivity index (χ3v) is 4.47. The van der Waals surface area contributed by atoms with E-state index in [-0.39, 0.29) is 0 Å². The number of nitrogens with zero attached hydrogens (tertiary/aromatic N) is 2. The van der Waals surface area contributed by atoms with Crippen molar-refractivity contribution in [2.75, 3.05) is 26.2 Å². The molecule has 0 spiro atoms. The molecule has 0 bridgehead atoms. The predicted octanol–water partition coefficient (Wildman–Crippen LogP) is 1.50. The number of piperidine rings is 1. The molecule has 2 aliphatic rings. The molecule has 0 amide bonds. The van der Waals surface area contributed by atoms with E-state index in [1.807, 2.05) is 0 Å². The Kier molecular flexibility index (Phi) is 3.39. The van der Waals surface area contributed by atoms with E-state index in [9.17, 15) is 0 Å². The molecule has 2 unspecified atom stereocenters. The van der Waals surface area contributed by atoms with E-state index in [0.717, 1.165) is 19.6 Å². The van der Waals surface area contributed by atoms with Crippen molar-refractivity contribution in [3.05, 3.63) is 17.0 Å². The van der Waals surface area contributed by atoms with Crippen LogP contribution in [0.4, 0.5) is 0 Å². The molecule has 100 valence electrons. The van der Waals surface area contributed by atoms with Crippen molar-refractivity contribution >= 4 is 0 Å². The topological polar surface area (TPSA) is 41.9 Å². The second-order valence-corrected chi connectivity index (χ2v) is 5.72.